The molecule has 0 aliphatic rings. The van der Waals surface area contributed by atoms with Crippen molar-refractivity contribution in [2.75, 3.05) is 47.4 Å². The summed E-state index contributed by atoms with van der Waals surface area (Å²) in [6.45, 7) is 19.5. The second-order valence-corrected chi connectivity index (χ2v) is 15.7. The zero-order chi connectivity index (χ0) is 50.4. The molecule has 0 aromatic heterocycles. The Bertz CT molecular complexity index is 2120. The van der Waals surface area contributed by atoms with Crippen molar-refractivity contribution >= 4 is 70.6 Å². The maximum absolute atomic E-state index is 11.5. The molecule has 4 aromatic rings. The number of allylic oxidation sites excluding steroid dienone is 1. The third-order valence-corrected chi connectivity index (χ3v) is 9.82. The molecule has 8 N–H and O–H groups in total. The Balaban J connectivity index is 0.000000456. The smallest absolute Gasteiger partial charge is 0.303 e. The number of carboxylic acid groups (broad SMARTS) is 4. The first-order valence-corrected chi connectivity index (χ1v) is 22.9. The van der Waals surface area contributed by atoms with E-state index in [0.717, 1.165) is 96.7 Å². The maximum Gasteiger partial charge on any atom is 0.303 e. The molecule has 0 radical (unpaired) electrons. The minimum Gasteiger partial charge on any atom is -0.481 e. The van der Waals surface area contributed by atoms with Crippen LogP contribution in [-0.2, 0) is 30.4 Å². The molecular formula is C55H72N4O9. The summed E-state index contributed by atoms with van der Waals surface area (Å²) in [4.78, 5) is 52.7. The number of Topliss-reactive ketones (excluding diaryl/α,β-unsaturated/α-hetero) is 1. The lowest BCUT2D eigenvalue weighted by molar-refractivity contribution is -0.138. The zero-order valence-electron chi connectivity index (χ0n) is 39.6. The molecule has 0 atom stereocenters. The first-order chi connectivity index (χ1) is 32.6. The molecule has 13 nitrogen and oxygen atoms in total. The highest BCUT2D eigenvalue weighted by Crippen LogP contribution is 2.14. The lowest BCUT2D eigenvalue weighted by Crippen LogP contribution is -2.05. The van der Waals surface area contributed by atoms with Crippen LogP contribution in [0.5, 0.6) is 0 Å². The summed E-state index contributed by atoms with van der Waals surface area (Å²) in [5.74, 6) is -2.89. The van der Waals surface area contributed by atoms with Gasteiger partial charge in [0, 0.05) is 81.0 Å². The van der Waals surface area contributed by atoms with E-state index in [1.54, 1.807) is 19.1 Å². The Morgan fingerprint density at radius 3 is 0.971 bits per heavy atom. The molecular weight excluding hydrogens is 861 g/mol. The Morgan fingerprint density at radius 1 is 0.412 bits per heavy atom. The van der Waals surface area contributed by atoms with Gasteiger partial charge in [-0.3, -0.25) is 24.0 Å². The molecule has 0 spiro atoms. The van der Waals surface area contributed by atoms with Crippen LogP contribution < -0.4 is 21.3 Å². The minimum atomic E-state index is -0.753. The van der Waals surface area contributed by atoms with E-state index in [1.165, 1.54) is 0 Å². The maximum atomic E-state index is 11.5. The lowest BCUT2D eigenvalue weighted by atomic mass is 10.0. The fourth-order valence-corrected chi connectivity index (χ4v) is 5.84. The van der Waals surface area contributed by atoms with Gasteiger partial charge in [-0.2, -0.15) is 0 Å². The largest absolute Gasteiger partial charge is 0.481 e. The number of carbonyl (C=O) groups is 5. The first-order valence-electron chi connectivity index (χ1n) is 22.9. The fourth-order valence-electron chi connectivity index (χ4n) is 5.84. The summed E-state index contributed by atoms with van der Waals surface area (Å²) in [5, 5.41) is 46.8. The van der Waals surface area contributed by atoms with Crippen molar-refractivity contribution in [1.82, 2.24) is 0 Å². The normalized spacial score (nSPS) is 9.84. The number of carboxylic acids is 4. The molecule has 0 saturated carbocycles. The molecule has 0 amide bonds. The number of rotatable bonds is 30. The molecule has 0 fully saturated rings. The number of anilines is 4. The molecule has 0 saturated heterocycles. The number of benzene rings is 4. The number of ketones is 1. The fraction of sp³-hybridized carbons (Fsp3) is 0.327. The van der Waals surface area contributed by atoms with Crippen LogP contribution in [0.3, 0.4) is 0 Å². The summed E-state index contributed by atoms with van der Waals surface area (Å²) >= 11 is 0. The van der Waals surface area contributed by atoms with Crippen molar-refractivity contribution < 1.29 is 44.4 Å². The average molecular weight is 933 g/mol. The Kier molecular flexibility index (Phi) is 31.7. The third-order valence-electron chi connectivity index (χ3n) is 9.82. The monoisotopic (exact) mass is 933 g/mol. The van der Waals surface area contributed by atoms with Gasteiger partial charge in [-0.05, 0) is 128 Å². The molecule has 4 aromatic carbocycles. The van der Waals surface area contributed by atoms with Gasteiger partial charge in [-0.1, -0.05) is 99.5 Å². The second kappa shape index (κ2) is 36.8. The number of aliphatic carboxylic acids is 4. The van der Waals surface area contributed by atoms with E-state index in [2.05, 4.69) is 47.6 Å². The van der Waals surface area contributed by atoms with Crippen molar-refractivity contribution in [2.45, 2.75) is 90.4 Å². The van der Waals surface area contributed by atoms with E-state index in [0.29, 0.717) is 37.8 Å². The van der Waals surface area contributed by atoms with E-state index in [4.69, 9.17) is 20.4 Å². The highest BCUT2D eigenvalue weighted by atomic mass is 16.4. The van der Waals surface area contributed by atoms with Gasteiger partial charge in [-0.25, -0.2) is 0 Å². The standard InChI is InChI=1S/C16H21NO3.C14H19NO2.C13H17NO2.C12H15NO2/c1-12(2)15(18)11-13-6-8-14(9-7-13)17-10-4-3-5-16(19)20;1-2-12-7-9-13(10-8-12)15-11-5-3-4-6-14(16)17;1-2-11-6-8-12(9-7-11)14-10-4-3-5-13(15)16;1-2-10-5-7-11(8-6-10)13-9-3-4-12(14)15/h6-9,17H,1,3-5,10-11H2,2H3,(H,19,20);2,7-10,15H,1,3-6,11H2,(H,16,17);2,6-9,14H,1,3-5,10H2,(H,15,16);2,5-8,13H,1,3-4,9H2,(H,14,15). The van der Waals surface area contributed by atoms with Crippen LogP contribution in [-0.4, -0.2) is 76.3 Å². The van der Waals surface area contributed by atoms with Gasteiger partial charge in [-0.15, -0.1) is 0 Å². The van der Waals surface area contributed by atoms with Gasteiger partial charge in [0.25, 0.3) is 0 Å². The second-order valence-electron chi connectivity index (χ2n) is 15.7. The molecule has 0 aliphatic heterocycles. The summed E-state index contributed by atoms with van der Waals surface area (Å²) in [7, 11) is 0. The van der Waals surface area contributed by atoms with E-state index in [1.807, 2.05) is 103 Å². The summed E-state index contributed by atoms with van der Waals surface area (Å²) in [5.41, 5.74) is 8.95. The van der Waals surface area contributed by atoms with Crippen LogP contribution in [0.15, 0.2) is 129 Å². The van der Waals surface area contributed by atoms with Crippen LogP contribution in [0.2, 0.25) is 0 Å². The van der Waals surface area contributed by atoms with E-state index >= 15 is 0 Å². The zero-order valence-corrected chi connectivity index (χ0v) is 39.6. The van der Waals surface area contributed by atoms with E-state index in [-0.39, 0.29) is 31.5 Å². The Hall–Kier alpha value is -7.41. The van der Waals surface area contributed by atoms with Gasteiger partial charge < -0.3 is 41.7 Å². The molecule has 0 unspecified atom stereocenters. The minimum absolute atomic E-state index is 0.0550. The molecule has 68 heavy (non-hydrogen) atoms. The van der Waals surface area contributed by atoms with Crippen molar-refractivity contribution in [2.24, 2.45) is 0 Å². The van der Waals surface area contributed by atoms with Gasteiger partial charge in [0.15, 0.2) is 5.78 Å². The Morgan fingerprint density at radius 2 is 0.676 bits per heavy atom. The topological polar surface area (TPSA) is 214 Å². The number of unbranched alkanes of at least 4 members (excludes halogenated alkanes) is 4. The first kappa shape index (κ1) is 58.6. The highest BCUT2D eigenvalue weighted by molar-refractivity contribution is 5.95. The van der Waals surface area contributed by atoms with E-state index in [9.17, 15) is 24.0 Å². The molecule has 13 heteroatoms. The number of carbonyl (C=O) groups excluding carboxylic acids is 1. The van der Waals surface area contributed by atoms with Crippen LogP contribution in [0, 0.1) is 0 Å². The molecule has 366 valence electrons. The van der Waals surface area contributed by atoms with Crippen LogP contribution in [0.25, 0.3) is 18.2 Å². The quantitative estimate of drug-likeness (QED) is 0.0181. The van der Waals surface area contributed by atoms with Crippen molar-refractivity contribution in [3.05, 3.63) is 151 Å². The van der Waals surface area contributed by atoms with Crippen molar-refractivity contribution in [3.8, 4) is 0 Å². The summed E-state index contributed by atoms with van der Waals surface area (Å²) < 4.78 is 0. The van der Waals surface area contributed by atoms with Crippen LogP contribution in [0.4, 0.5) is 22.7 Å². The van der Waals surface area contributed by atoms with Gasteiger partial charge in [0.1, 0.15) is 0 Å². The van der Waals surface area contributed by atoms with Crippen LogP contribution >= 0.6 is 0 Å². The van der Waals surface area contributed by atoms with Gasteiger partial charge in [0.05, 0.1) is 0 Å². The number of nitrogens with one attached hydrogen (secondary N) is 4. The summed E-state index contributed by atoms with van der Waals surface area (Å²) in [6, 6.07) is 31.6. The van der Waals surface area contributed by atoms with Gasteiger partial charge >= 0.3 is 23.9 Å². The van der Waals surface area contributed by atoms with Crippen molar-refractivity contribution in [1.29, 1.82) is 0 Å². The number of hydrogen-bond acceptors (Lipinski definition) is 9. The number of hydrogen-bond donors (Lipinski definition) is 8. The van der Waals surface area contributed by atoms with Crippen molar-refractivity contribution in [3.63, 3.8) is 0 Å². The molecule has 4 rings (SSSR count). The third kappa shape index (κ3) is 31.5. The van der Waals surface area contributed by atoms with Gasteiger partial charge in [0.2, 0.25) is 0 Å². The molecule has 0 heterocycles. The lowest BCUT2D eigenvalue weighted by Gasteiger charge is -2.07. The van der Waals surface area contributed by atoms with E-state index < -0.39 is 23.9 Å². The SMILES string of the molecule is C=C(C)C(=O)Cc1ccc(NCCCCC(=O)O)cc1.C=Cc1ccc(NCCCC(=O)O)cc1.C=Cc1ccc(NCCCCC(=O)O)cc1.C=Cc1ccc(NCCCCCC(=O)O)cc1. The average Bonchev–Trinajstić information content (AvgIpc) is 3.32. The predicted molar refractivity (Wildman–Crippen MR) is 279 cm³/mol. The molecule has 0 aliphatic carbocycles. The Labute approximate surface area is 402 Å². The van der Waals surface area contributed by atoms with Crippen LogP contribution in [0.1, 0.15) is 106 Å². The molecule has 0 bridgehead atoms. The summed E-state index contributed by atoms with van der Waals surface area (Å²) in [6.07, 6.45) is 13.1. The highest BCUT2D eigenvalue weighted by Gasteiger charge is 2.05. The predicted octanol–water partition coefficient (Wildman–Crippen LogP) is 12.0.